The molecule has 5 nitrogen and oxygen atoms in total. The van der Waals surface area contributed by atoms with Gasteiger partial charge in [0, 0.05) is 6.54 Å². The van der Waals surface area contributed by atoms with Gasteiger partial charge >= 0.3 is 6.18 Å². The van der Waals surface area contributed by atoms with Crippen molar-refractivity contribution in [3.05, 3.63) is 28.2 Å². The quantitative estimate of drug-likeness (QED) is 0.732. The van der Waals surface area contributed by atoms with Crippen LogP contribution in [0.2, 0.25) is 10.0 Å². The monoisotopic (exact) mass is 375 g/mol. The van der Waals surface area contributed by atoms with Crippen LogP contribution in [0, 0.1) is 0 Å². The Morgan fingerprint density at radius 1 is 1.35 bits per heavy atom. The van der Waals surface area contributed by atoms with E-state index >= 15 is 0 Å². The van der Waals surface area contributed by atoms with Crippen molar-refractivity contribution in [2.75, 3.05) is 26.4 Å². The maximum Gasteiger partial charge on any atom is 0.411 e. The van der Waals surface area contributed by atoms with Crippen molar-refractivity contribution in [1.29, 1.82) is 0 Å². The predicted molar refractivity (Wildman–Crippen MR) is 77.8 cm³/mol. The normalized spacial score (nSPS) is 12.8. The summed E-state index contributed by atoms with van der Waals surface area (Å²) < 4.78 is 44.8. The highest BCUT2D eigenvalue weighted by Gasteiger charge is 2.27. The Bertz CT molecular complexity index is 528. The third-order valence-corrected chi connectivity index (χ3v) is 3.18. The van der Waals surface area contributed by atoms with E-state index in [1.54, 1.807) is 18.2 Å². The largest absolute Gasteiger partial charge is 0.489 e. The Hall–Kier alpha value is -1.22. The molecule has 130 valence electrons. The fourth-order valence-corrected chi connectivity index (χ4v) is 1.73. The highest BCUT2D eigenvalue weighted by molar-refractivity contribution is 6.42. The highest BCUT2D eigenvalue weighted by Crippen LogP contribution is 2.31. The molecule has 0 aliphatic rings. The van der Waals surface area contributed by atoms with Crippen molar-refractivity contribution in [3.8, 4) is 5.75 Å². The molecule has 0 saturated heterocycles. The molecule has 0 aliphatic heterocycles. The molecule has 0 spiro atoms. The Morgan fingerprint density at radius 3 is 2.70 bits per heavy atom. The van der Waals surface area contributed by atoms with E-state index in [4.69, 9.17) is 27.9 Å². The number of aliphatic hydroxyl groups is 1. The smallest absolute Gasteiger partial charge is 0.411 e. The minimum absolute atomic E-state index is 0.186. The van der Waals surface area contributed by atoms with Crippen LogP contribution in [0.25, 0.3) is 0 Å². The number of nitrogens with one attached hydrogen (secondary N) is 1. The summed E-state index contributed by atoms with van der Waals surface area (Å²) in [6, 6.07) is 4.72. The molecule has 10 heteroatoms. The van der Waals surface area contributed by atoms with Gasteiger partial charge < -0.3 is 19.9 Å². The van der Waals surface area contributed by atoms with Crippen LogP contribution in [0.5, 0.6) is 5.75 Å². The zero-order chi connectivity index (χ0) is 17.5. The lowest BCUT2D eigenvalue weighted by molar-refractivity contribution is -0.175. The maximum absolute atomic E-state index is 11.8. The molecule has 0 aromatic heterocycles. The fraction of sp³-hybridized carbons (Fsp3) is 0.462. The van der Waals surface area contributed by atoms with Crippen molar-refractivity contribution in [1.82, 2.24) is 5.32 Å². The van der Waals surface area contributed by atoms with E-state index < -0.39 is 31.4 Å². The molecule has 23 heavy (non-hydrogen) atoms. The van der Waals surface area contributed by atoms with Crippen molar-refractivity contribution < 1.29 is 32.5 Å². The van der Waals surface area contributed by atoms with E-state index in [2.05, 4.69) is 10.1 Å². The van der Waals surface area contributed by atoms with Gasteiger partial charge in [-0.2, -0.15) is 13.2 Å². The molecule has 0 radical (unpaired) electrons. The minimum atomic E-state index is -4.50. The Labute approximate surface area is 140 Å². The summed E-state index contributed by atoms with van der Waals surface area (Å²) in [6.07, 6.45) is -5.58. The number of carbonyl (C=O) groups excluding carboxylic acids is 1. The summed E-state index contributed by atoms with van der Waals surface area (Å²) in [7, 11) is 0. The number of ether oxygens (including phenoxy) is 2. The first-order valence-electron chi connectivity index (χ1n) is 6.35. The summed E-state index contributed by atoms with van der Waals surface area (Å²) in [5.41, 5.74) is 0. The van der Waals surface area contributed by atoms with Crippen LogP contribution in [-0.2, 0) is 9.53 Å². The van der Waals surface area contributed by atoms with E-state index in [1.807, 2.05) is 0 Å². The summed E-state index contributed by atoms with van der Waals surface area (Å²) in [5, 5.41) is 12.3. The molecule has 1 aromatic carbocycles. The van der Waals surface area contributed by atoms with Crippen molar-refractivity contribution in [2.24, 2.45) is 0 Å². The topological polar surface area (TPSA) is 67.8 Å². The molecule has 1 amide bonds. The molecule has 0 fully saturated rings. The second-order valence-corrected chi connectivity index (χ2v) is 5.21. The maximum atomic E-state index is 11.8. The lowest BCUT2D eigenvalue weighted by Gasteiger charge is -2.14. The van der Waals surface area contributed by atoms with E-state index in [-0.39, 0.29) is 28.9 Å². The van der Waals surface area contributed by atoms with Crippen LogP contribution >= 0.6 is 23.2 Å². The van der Waals surface area contributed by atoms with E-state index in [9.17, 15) is 23.1 Å². The number of amides is 1. The van der Waals surface area contributed by atoms with Gasteiger partial charge in [0.05, 0.1) is 5.02 Å². The van der Waals surface area contributed by atoms with Gasteiger partial charge in [-0.05, 0) is 12.1 Å². The Balaban J connectivity index is 2.25. The van der Waals surface area contributed by atoms with Gasteiger partial charge in [0.25, 0.3) is 0 Å². The summed E-state index contributed by atoms with van der Waals surface area (Å²) >= 11 is 11.7. The second kappa shape index (κ2) is 9.17. The van der Waals surface area contributed by atoms with Crippen molar-refractivity contribution in [2.45, 2.75) is 12.3 Å². The molecule has 1 atom stereocenters. The Morgan fingerprint density at radius 2 is 2.04 bits per heavy atom. The first-order chi connectivity index (χ1) is 10.7. The van der Waals surface area contributed by atoms with Gasteiger partial charge in [-0.1, -0.05) is 29.3 Å². The fourth-order valence-electron chi connectivity index (χ4n) is 1.38. The summed E-state index contributed by atoms with van der Waals surface area (Å²) in [6.45, 7) is -2.68. The van der Waals surface area contributed by atoms with Crippen LogP contribution in [0.15, 0.2) is 18.2 Å². The zero-order valence-corrected chi connectivity index (χ0v) is 13.2. The van der Waals surface area contributed by atoms with Gasteiger partial charge in [-0.15, -0.1) is 0 Å². The number of benzene rings is 1. The van der Waals surface area contributed by atoms with Crippen LogP contribution in [0.4, 0.5) is 13.2 Å². The van der Waals surface area contributed by atoms with Crippen LogP contribution in [-0.4, -0.2) is 49.7 Å². The molecular weight excluding hydrogens is 362 g/mol. The molecule has 1 unspecified atom stereocenters. The standard InChI is InChI=1S/C13H14Cl2F3NO4/c14-9-2-1-3-10(12(9)15)23-5-8(20)4-19-11(21)6-22-7-13(16,17)18/h1-3,8,20H,4-7H2,(H,19,21). The minimum Gasteiger partial charge on any atom is -0.489 e. The summed E-state index contributed by atoms with van der Waals surface area (Å²) in [4.78, 5) is 11.2. The summed E-state index contributed by atoms with van der Waals surface area (Å²) in [5.74, 6) is -0.521. The lowest BCUT2D eigenvalue weighted by Crippen LogP contribution is -2.37. The molecule has 0 saturated carbocycles. The van der Waals surface area contributed by atoms with Crippen LogP contribution in [0.3, 0.4) is 0 Å². The second-order valence-electron chi connectivity index (χ2n) is 4.43. The molecule has 0 bridgehead atoms. The molecule has 1 rings (SSSR count). The third-order valence-electron chi connectivity index (χ3n) is 2.38. The molecule has 0 heterocycles. The average Bonchev–Trinajstić information content (AvgIpc) is 2.45. The van der Waals surface area contributed by atoms with E-state index in [1.165, 1.54) is 0 Å². The third kappa shape index (κ3) is 8.26. The van der Waals surface area contributed by atoms with Gasteiger partial charge in [0.2, 0.25) is 5.91 Å². The molecule has 0 aliphatic carbocycles. The number of hydrogen-bond donors (Lipinski definition) is 2. The zero-order valence-electron chi connectivity index (χ0n) is 11.7. The highest BCUT2D eigenvalue weighted by atomic mass is 35.5. The van der Waals surface area contributed by atoms with Gasteiger partial charge in [0.1, 0.15) is 36.7 Å². The van der Waals surface area contributed by atoms with E-state index in [0.29, 0.717) is 0 Å². The van der Waals surface area contributed by atoms with Crippen molar-refractivity contribution in [3.63, 3.8) is 0 Å². The number of halogens is 5. The van der Waals surface area contributed by atoms with Crippen molar-refractivity contribution >= 4 is 29.1 Å². The van der Waals surface area contributed by atoms with Crippen LogP contribution < -0.4 is 10.1 Å². The van der Waals surface area contributed by atoms with Gasteiger partial charge in [-0.3, -0.25) is 4.79 Å². The number of alkyl halides is 3. The lowest BCUT2D eigenvalue weighted by atomic mass is 10.3. The number of rotatable bonds is 8. The molecular formula is C13H14Cl2F3NO4. The van der Waals surface area contributed by atoms with Gasteiger partial charge in [-0.25, -0.2) is 0 Å². The molecule has 1 aromatic rings. The number of aliphatic hydroxyl groups excluding tert-OH is 1. The SMILES string of the molecule is O=C(COCC(F)(F)F)NCC(O)COc1cccc(Cl)c1Cl. The predicted octanol–water partition coefficient (Wildman–Crippen LogP) is 2.43. The van der Waals surface area contributed by atoms with E-state index in [0.717, 1.165) is 0 Å². The average molecular weight is 376 g/mol. The van der Waals surface area contributed by atoms with Crippen LogP contribution in [0.1, 0.15) is 0 Å². The first-order valence-corrected chi connectivity index (χ1v) is 7.10. The number of carbonyl (C=O) groups is 1. The Kier molecular flexibility index (Phi) is 7.90. The van der Waals surface area contributed by atoms with Gasteiger partial charge in [0.15, 0.2) is 0 Å². The first kappa shape index (κ1) is 19.8. The number of hydrogen-bond acceptors (Lipinski definition) is 4. The molecule has 2 N–H and O–H groups in total.